The monoisotopic (exact) mass is 198 g/mol. The van der Waals surface area contributed by atoms with Crippen molar-refractivity contribution in [2.75, 3.05) is 12.8 Å². The highest BCUT2D eigenvalue weighted by Crippen LogP contribution is 2.29. The quantitative estimate of drug-likeness (QED) is 0.735. The summed E-state index contributed by atoms with van der Waals surface area (Å²) >= 11 is 2.05. The first-order chi connectivity index (χ1) is 6.36. The van der Waals surface area contributed by atoms with Gasteiger partial charge in [0.1, 0.15) is 0 Å². The number of nitriles is 1. The van der Waals surface area contributed by atoms with E-state index in [1.54, 1.807) is 0 Å². The normalized spacial score (nSPS) is 20.0. The van der Waals surface area contributed by atoms with Crippen molar-refractivity contribution < 1.29 is 0 Å². The zero-order valence-corrected chi connectivity index (χ0v) is 9.07. The van der Waals surface area contributed by atoms with Gasteiger partial charge in [-0.2, -0.15) is 17.0 Å². The molecule has 3 heteroatoms. The molecule has 0 radical (unpaired) electrons. The summed E-state index contributed by atoms with van der Waals surface area (Å²) in [5.41, 5.74) is 0. The van der Waals surface area contributed by atoms with E-state index in [0.717, 1.165) is 17.4 Å². The minimum Gasteiger partial charge on any atom is -0.305 e. The smallest absolute Gasteiger partial charge is 0.0958 e. The van der Waals surface area contributed by atoms with Gasteiger partial charge in [0.15, 0.2) is 0 Å². The average Bonchev–Trinajstić information content (AvgIpc) is 2.65. The molecule has 1 atom stereocenters. The molecule has 0 amide bonds. The maximum atomic E-state index is 8.70. The van der Waals surface area contributed by atoms with Crippen LogP contribution in [0.1, 0.15) is 32.1 Å². The predicted octanol–water partition coefficient (Wildman–Crippen LogP) is 2.16. The molecule has 13 heavy (non-hydrogen) atoms. The van der Waals surface area contributed by atoms with Crippen molar-refractivity contribution in [3.05, 3.63) is 0 Å². The third-order valence-corrected chi connectivity index (χ3v) is 3.98. The third kappa shape index (κ3) is 4.02. The Balaban J connectivity index is 2.02. The molecule has 0 aromatic carbocycles. The number of nitrogens with one attached hydrogen (secondary N) is 1. The van der Waals surface area contributed by atoms with Crippen molar-refractivity contribution in [2.45, 2.75) is 43.4 Å². The Hall–Kier alpha value is -0.200. The van der Waals surface area contributed by atoms with Gasteiger partial charge in [-0.05, 0) is 32.1 Å². The number of rotatable bonds is 5. The first-order valence-electron chi connectivity index (χ1n) is 5.05. The van der Waals surface area contributed by atoms with Gasteiger partial charge in [0.25, 0.3) is 0 Å². The van der Waals surface area contributed by atoms with Crippen LogP contribution in [-0.2, 0) is 0 Å². The van der Waals surface area contributed by atoms with Crippen molar-refractivity contribution >= 4 is 11.8 Å². The molecule has 74 valence electrons. The second-order valence-corrected chi connectivity index (χ2v) is 4.94. The van der Waals surface area contributed by atoms with Gasteiger partial charge in [-0.3, -0.25) is 0 Å². The predicted molar refractivity (Wildman–Crippen MR) is 57.8 cm³/mol. The van der Waals surface area contributed by atoms with Crippen LogP contribution in [-0.4, -0.2) is 24.1 Å². The SMILES string of the molecule is CNC(C#N)CCSC1CCCC1. The lowest BCUT2D eigenvalue weighted by Gasteiger charge is -2.10. The molecule has 0 aromatic rings. The molecular formula is C10H18N2S. The number of hydrogen-bond donors (Lipinski definition) is 1. The minimum atomic E-state index is 0.0499. The van der Waals surface area contributed by atoms with Crippen LogP contribution >= 0.6 is 11.8 Å². The minimum absolute atomic E-state index is 0.0499. The zero-order chi connectivity index (χ0) is 9.52. The van der Waals surface area contributed by atoms with Gasteiger partial charge in [0, 0.05) is 5.25 Å². The zero-order valence-electron chi connectivity index (χ0n) is 8.25. The van der Waals surface area contributed by atoms with E-state index < -0.39 is 0 Å². The van der Waals surface area contributed by atoms with Crippen molar-refractivity contribution in [2.24, 2.45) is 0 Å². The molecule has 0 aliphatic heterocycles. The third-order valence-electron chi connectivity index (χ3n) is 2.57. The van der Waals surface area contributed by atoms with Gasteiger partial charge in [0.2, 0.25) is 0 Å². The Morgan fingerprint density at radius 1 is 1.54 bits per heavy atom. The summed E-state index contributed by atoms with van der Waals surface area (Å²) in [5, 5.41) is 12.6. The first-order valence-corrected chi connectivity index (χ1v) is 6.10. The van der Waals surface area contributed by atoms with Crippen LogP contribution in [0.4, 0.5) is 0 Å². The van der Waals surface area contributed by atoms with E-state index in [2.05, 4.69) is 23.1 Å². The summed E-state index contributed by atoms with van der Waals surface area (Å²) in [5.74, 6) is 1.13. The lowest BCUT2D eigenvalue weighted by molar-refractivity contribution is 0.662. The van der Waals surface area contributed by atoms with E-state index in [9.17, 15) is 0 Å². The summed E-state index contributed by atoms with van der Waals surface area (Å²) in [6.45, 7) is 0. The van der Waals surface area contributed by atoms with Gasteiger partial charge in [-0.25, -0.2) is 0 Å². The fourth-order valence-corrected chi connectivity index (χ4v) is 3.05. The molecule has 0 aromatic heterocycles. The Bertz CT molecular complexity index is 170. The van der Waals surface area contributed by atoms with Crippen molar-refractivity contribution in [3.63, 3.8) is 0 Å². The van der Waals surface area contributed by atoms with E-state index in [-0.39, 0.29) is 6.04 Å². The maximum Gasteiger partial charge on any atom is 0.0958 e. The van der Waals surface area contributed by atoms with Gasteiger partial charge in [-0.1, -0.05) is 12.8 Å². The van der Waals surface area contributed by atoms with Crippen LogP contribution in [0.3, 0.4) is 0 Å². The number of nitrogens with zero attached hydrogens (tertiary/aromatic N) is 1. The molecular weight excluding hydrogens is 180 g/mol. The Morgan fingerprint density at radius 2 is 2.23 bits per heavy atom. The highest BCUT2D eigenvalue weighted by Gasteiger charge is 2.15. The standard InChI is InChI=1S/C10H18N2S/c1-12-9(8-11)6-7-13-10-4-2-3-5-10/h9-10,12H,2-7H2,1H3. The molecule has 0 saturated heterocycles. The van der Waals surface area contributed by atoms with Gasteiger partial charge in [0.05, 0.1) is 12.1 Å². The summed E-state index contributed by atoms with van der Waals surface area (Å²) in [6, 6.07) is 2.30. The van der Waals surface area contributed by atoms with Crippen LogP contribution in [0.15, 0.2) is 0 Å². The molecule has 1 aliphatic carbocycles. The van der Waals surface area contributed by atoms with Crippen molar-refractivity contribution in [1.29, 1.82) is 5.26 Å². The molecule has 1 N–H and O–H groups in total. The summed E-state index contributed by atoms with van der Waals surface area (Å²) in [7, 11) is 1.86. The van der Waals surface area contributed by atoms with Gasteiger partial charge in [-0.15, -0.1) is 0 Å². The second kappa shape index (κ2) is 6.28. The fraction of sp³-hybridized carbons (Fsp3) is 0.900. The Labute approximate surface area is 85.1 Å². The van der Waals surface area contributed by atoms with E-state index in [1.165, 1.54) is 25.7 Å². The largest absolute Gasteiger partial charge is 0.305 e. The molecule has 2 nitrogen and oxygen atoms in total. The molecule has 0 bridgehead atoms. The van der Waals surface area contributed by atoms with E-state index >= 15 is 0 Å². The first kappa shape index (κ1) is 10.9. The molecule has 1 unspecified atom stereocenters. The molecule has 1 fully saturated rings. The summed E-state index contributed by atoms with van der Waals surface area (Å²) in [6.07, 6.45) is 6.58. The summed E-state index contributed by atoms with van der Waals surface area (Å²) < 4.78 is 0. The summed E-state index contributed by atoms with van der Waals surface area (Å²) in [4.78, 5) is 0. The average molecular weight is 198 g/mol. The van der Waals surface area contributed by atoms with E-state index in [4.69, 9.17) is 5.26 Å². The lowest BCUT2D eigenvalue weighted by Crippen LogP contribution is -2.23. The number of hydrogen-bond acceptors (Lipinski definition) is 3. The fourth-order valence-electron chi connectivity index (χ4n) is 1.68. The number of thioether (sulfide) groups is 1. The van der Waals surface area contributed by atoms with Crippen molar-refractivity contribution in [3.8, 4) is 6.07 Å². The van der Waals surface area contributed by atoms with Crippen LogP contribution in [0.5, 0.6) is 0 Å². The van der Waals surface area contributed by atoms with Crippen molar-refractivity contribution in [1.82, 2.24) is 5.32 Å². The Morgan fingerprint density at radius 3 is 2.77 bits per heavy atom. The Kier molecular flexibility index (Phi) is 5.26. The van der Waals surface area contributed by atoms with Crippen LogP contribution in [0.2, 0.25) is 0 Å². The molecule has 0 spiro atoms. The van der Waals surface area contributed by atoms with E-state index in [1.807, 2.05) is 7.05 Å². The van der Waals surface area contributed by atoms with Gasteiger partial charge >= 0.3 is 0 Å². The van der Waals surface area contributed by atoms with Gasteiger partial charge < -0.3 is 5.32 Å². The molecule has 1 aliphatic rings. The van der Waals surface area contributed by atoms with Crippen LogP contribution in [0, 0.1) is 11.3 Å². The van der Waals surface area contributed by atoms with E-state index in [0.29, 0.717) is 0 Å². The second-order valence-electron chi connectivity index (χ2n) is 3.54. The van der Waals surface area contributed by atoms with Crippen LogP contribution in [0.25, 0.3) is 0 Å². The topological polar surface area (TPSA) is 35.8 Å². The molecule has 1 rings (SSSR count). The highest BCUT2D eigenvalue weighted by molar-refractivity contribution is 7.99. The highest BCUT2D eigenvalue weighted by atomic mass is 32.2. The lowest BCUT2D eigenvalue weighted by atomic mass is 10.3. The maximum absolute atomic E-state index is 8.70. The van der Waals surface area contributed by atoms with Crippen LogP contribution < -0.4 is 5.32 Å². The molecule has 1 saturated carbocycles. The molecule has 0 heterocycles.